The van der Waals surface area contributed by atoms with Gasteiger partial charge in [-0.25, -0.2) is 4.98 Å². The summed E-state index contributed by atoms with van der Waals surface area (Å²) in [4.78, 5) is 12.6. The van der Waals surface area contributed by atoms with E-state index in [1.165, 1.54) is 55.6 Å². The highest BCUT2D eigenvalue weighted by Gasteiger charge is 2.17. The Morgan fingerprint density at radius 3 is 1.77 bits per heavy atom. The van der Waals surface area contributed by atoms with E-state index in [1.807, 2.05) is 0 Å². The summed E-state index contributed by atoms with van der Waals surface area (Å²) >= 11 is 0. The molecule has 0 aliphatic rings. The summed E-state index contributed by atoms with van der Waals surface area (Å²) in [5, 5.41) is 18.9. The van der Waals surface area contributed by atoms with Crippen molar-refractivity contribution in [3.8, 4) is 11.5 Å². The Kier molecular flexibility index (Phi) is 14.9. The van der Waals surface area contributed by atoms with Gasteiger partial charge in [0.25, 0.3) is 40.5 Å². The van der Waals surface area contributed by atoms with Crippen LogP contribution in [0.5, 0.6) is 11.5 Å². The van der Waals surface area contributed by atoms with Crippen LogP contribution in [0.15, 0.2) is 115 Å². The van der Waals surface area contributed by atoms with Crippen LogP contribution in [0.25, 0.3) is 0 Å². The lowest BCUT2D eigenvalue weighted by Crippen LogP contribution is -2.18. The molecule has 0 bridgehead atoms. The molecule has 5 rings (SSSR count). The van der Waals surface area contributed by atoms with Gasteiger partial charge >= 0.3 is 0 Å². The second kappa shape index (κ2) is 19.7. The first-order valence-electron chi connectivity index (χ1n) is 17.4. The third kappa shape index (κ3) is 14.7. The molecular formula is C35H36N8O14S4. The van der Waals surface area contributed by atoms with Crippen LogP contribution >= 0.6 is 0 Å². The third-order valence-electron chi connectivity index (χ3n) is 8.01. The summed E-state index contributed by atoms with van der Waals surface area (Å²) in [6.07, 6.45) is -0.135. The topological polar surface area (TPSA) is 336 Å². The lowest BCUT2D eigenvalue weighted by atomic mass is 10.1. The summed E-state index contributed by atoms with van der Waals surface area (Å²) in [7, 11) is -16.3. The fourth-order valence-corrected chi connectivity index (χ4v) is 7.27. The van der Waals surface area contributed by atoms with Gasteiger partial charge in [0.15, 0.2) is 0 Å². The first kappa shape index (κ1) is 46.2. The van der Waals surface area contributed by atoms with Gasteiger partial charge in [-0.1, -0.05) is 30.3 Å². The Balaban J connectivity index is 1.46. The number of benzene rings is 4. The molecule has 0 unspecified atom stereocenters. The van der Waals surface area contributed by atoms with Crippen LogP contribution < -0.4 is 14.8 Å². The van der Waals surface area contributed by atoms with Gasteiger partial charge in [0, 0.05) is 42.6 Å². The molecule has 324 valence electrons. The Morgan fingerprint density at radius 2 is 1.18 bits per heavy atom. The number of aromatic nitrogens is 3. The summed E-state index contributed by atoms with van der Waals surface area (Å²) in [6.45, 7) is -0.462. The van der Waals surface area contributed by atoms with Crippen molar-refractivity contribution in [2.75, 3.05) is 37.1 Å². The number of hydrogen-bond donors (Lipinski definition) is 5. The minimum atomic E-state index is -4.63. The maximum Gasteiger partial charge on any atom is 0.296 e. The summed E-state index contributed by atoms with van der Waals surface area (Å²) in [5.74, 6) is -0.535. The number of azo groups is 2. The second-order valence-corrected chi connectivity index (χ2v) is 18.6. The molecule has 0 radical (unpaired) electrons. The summed E-state index contributed by atoms with van der Waals surface area (Å²) in [6, 6.07) is 19.8. The Hall–Kier alpha value is -5.87. The molecule has 26 heteroatoms. The zero-order valence-corrected chi connectivity index (χ0v) is 34.9. The van der Waals surface area contributed by atoms with E-state index in [4.69, 9.17) is 9.47 Å². The molecule has 1 heterocycles. The Morgan fingerprint density at radius 1 is 0.607 bits per heavy atom. The number of nitrogens with zero attached hydrogens (tertiary/aromatic N) is 7. The molecule has 0 amide bonds. The van der Waals surface area contributed by atoms with Crippen LogP contribution in [0.1, 0.15) is 29.2 Å². The van der Waals surface area contributed by atoms with Crippen LogP contribution in [-0.4, -0.2) is 98.6 Å². The van der Waals surface area contributed by atoms with Crippen molar-refractivity contribution in [2.24, 2.45) is 20.5 Å². The molecule has 0 saturated carbocycles. The van der Waals surface area contributed by atoms with Gasteiger partial charge in [0.2, 0.25) is 5.95 Å². The fourth-order valence-electron chi connectivity index (χ4n) is 5.28. The quantitative estimate of drug-likeness (QED) is 0.0373. The minimum Gasteiger partial charge on any atom is -0.496 e. The maximum absolute atomic E-state index is 11.8. The lowest BCUT2D eigenvalue weighted by Gasteiger charge is -2.14. The molecule has 0 atom stereocenters. The van der Waals surface area contributed by atoms with Gasteiger partial charge in [-0.3, -0.25) is 18.2 Å². The molecule has 4 aromatic carbocycles. The van der Waals surface area contributed by atoms with Crippen LogP contribution in [0, 0.1) is 0 Å². The average Bonchev–Trinajstić information content (AvgIpc) is 3.17. The van der Waals surface area contributed by atoms with E-state index < -0.39 is 56.9 Å². The summed E-state index contributed by atoms with van der Waals surface area (Å²) in [5.41, 5.74) is 1.46. The van der Waals surface area contributed by atoms with E-state index in [0.717, 1.165) is 12.1 Å². The van der Waals surface area contributed by atoms with Crippen LogP contribution in [-0.2, 0) is 53.3 Å². The van der Waals surface area contributed by atoms with Crippen molar-refractivity contribution in [1.29, 1.82) is 0 Å². The van der Waals surface area contributed by atoms with Crippen molar-refractivity contribution in [1.82, 2.24) is 15.0 Å². The highest BCUT2D eigenvalue weighted by molar-refractivity contribution is 7.86. The molecule has 1 aromatic heterocycles. The predicted molar refractivity (Wildman–Crippen MR) is 217 cm³/mol. The van der Waals surface area contributed by atoms with E-state index in [0.29, 0.717) is 22.6 Å². The average molecular weight is 921 g/mol. The van der Waals surface area contributed by atoms with Crippen molar-refractivity contribution >= 4 is 69.2 Å². The maximum atomic E-state index is 11.8. The molecule has 0 spiro atoms. The molecule has 0 fully saturated rings. The Labute approximate surface area is 349 Å². The van der Waals surface area contributed by atoms with E-state index >= 15 is 0 Å². The van der Waals surface area contributed by atoms with Gasteiger partial charge in [-0.15, -0.1) is 5.11 Å². The van der Waals surface area contributed by atoms with Crippen LogP contribution in [0.4, 0.5) is 28.7 Å². The summed E-state index contributed by atoms with van der Waals surface area (Å²) < 4.78 is 141. The number of nitrogens with one attached hydrogen (secondary N) is 1. The highest BCUT2D eigenvalue weighted by Crippen LogP contribution is 2.32. The number of hydrogen-bond acceptors (Lipinski definition) is 18. The van der Waals surface area contributed by atoms with Crippen molar-refractivity contribution in [3.63, 3.8) is 0 Å². The smallest absolute Gasteiger partial charge is 0.296 e. The SMILES string of the molecule is COc1cc(N=Nc2cccc(S(=O)(=O)O)c2)ccc1Cc1nc(Cc2ccc(N=Nc3ccccc3S(=O)(=O)O)cc2OCCCS(=O)(=O)O)nc(NCCS(=O)(=O)O)n1. The monoisotopic (exact) mass is 920 g/mol. The van der Waals surface area contributed by atoms with Crippen molar-refractivity contribution < 1.29 is 61.4 Å². The van der Waals surface area contributed by atoms with Crippen molar-refractivity contribution in [2.45, 2.75) is 29.1 Å². The lowest BCUT2D eigenvalue weighted by molar-refractivity contribution is 0.313. The number of anilines is 1. The molecule has 0 aliphatic heterocycles. The Bertz CT molecular complexity index is 2920. The van der Waals surface area contributed by atoms with Gasteiger partial charge in [-0.05, 0) is 48.9 Å². The molecule has 5 N–H and O–H groups in total. The first-order chi connectivity index (χ1) is 28.6. The first-order valence-corrected chi connectivity index (χ1v) is 23.5. The predicted octanol–water partition coefficient (Wildman–Crippen LogP) is 5.34. The fraction of sp³-hybridized carbons (Fsp3) is 0.229. The van der Waals surface area contributed by atoms with E-state index in [9.17, 15) is 51.9 Å². The molecular weight excluding hydrogens is 885 g/mol. The minimum absolute atomic E-state index is 0.0306. The highest BCUT2D eigenvalue weighted by atomic mass is 32.2. The van der Waals surface area contributed by atoms with Crippen LogP contribution in [0.3, 0.4) is 0 Å². The standard InChI is InChI=1S/C35H36N8O14S4/c1-56-30-21-26(41-40-25-6-4-7-28(20-25)60(50,51)52)12-10-23(30)18-33-37-34(39-35(38-33)36-14-17-59(47,48)49)19-24-11-13-27(22-31(24)57-15-5-16-58(44,45)46)42-43-29-8-2-3-9-32(29)61(53,54)55/h2-4,6-13,20-22H,5,14-19H2,1H3,(H,44,45,46)(H,47,48,49)(H,50,51,52)(H,53,54,55)(H,36,37,38,39). The van der Waals surface area contributed by atoms with Gasteiger partial charge in [0.05, 0.1) is 47.2 Å². The van der Waals surface area contributed by atoms with Crippen molar-refractivity contribution in [3.05, 3.63) is 108 Å². The van der Waals surface area contributed by atoms with Crippen LogP contribution in [0.2, 0.25) is 0 Å². The molecule has 22 nitrogen and oxygen atoms in total. The van der Waals surface area contributed by atoms with E-state index in [1.54, 1.807) is 24.3 Å². The van der Waals surface area contributed by atoms with E-state index in [-0.39, 0.29) is 77.7 Å². The van der Waals surface area contributed by atoms with Gasteiger partial charge in [-0.2, -0.15) is 59.0 Å². The number of ether oxygens (including phenoxy) is 2. The number of rotatable bonds is 20. The molecule has 5 aromatic rings. The van der Waals surface area contributed by atoms with Gasteiger partial charge < -0.3 is 14.8 Å². The molecule has 0 aliphatic carbocycles. The third-order valence-corrected chi connectivity index (χ3v) is 11.3. The van der Waals surface area contributed by atoms with E-state index in [2.05, 4.69) is 40.7 Å². The second-order valence-electron chi connectivity index (χ2n) is 12.6. The zero-order valence-electron chi connectivity index (χ0n) is 31.7. The molecule has 61 heavy (non-hydrogen) atoms. The number of methoxy groups -OCH3 is 1. The zero-order chi connectivity index (χ0) is 44.4. The normalized spacial score (nSPS) is 12.5. The molecule has 0 saturated heterocycles. The largest absolute Gasteiger partial charge is 0.496 e. The van der Waals surface area contributed by atoms with Gasteiger partial charge in [0.1, 0.15) is 33.7 Å².